The SMILES string of the molecule is Cc1cc(C)c(C(C)NCC(C)(C)C)cc1C. The van der Waals surface area contributed by atoms with E-state index in [1.807, 2.05) is 0 Å². The van der Waals surface area contributed by atoms with Gasteiger partial charge in [-0.3, -0.25) is 0 Å². The van der Waals surface area contributed by atoms with E-state index in [1.54, 1.807) is 0 Å². The largest absolute Gasteiger partial charge is 0.310 e. The summed E-state index contributed by atoms with van der Waals surface area (Å²) in [7, 11) is 0. The molecule has 0 aromatic heterocycles. The lowest BCUT2D eigenvalue weighted by atomic mass is 9.94. The molecule has 0 aliphatic rings. The van der Waals surface area contributed by atoms with Crippen LogP contribution in [0.25, 0.3) is 0 Å². The molecule has 0 radical (unpaired) electrons. The normalized spacial score (nSPS) is 13.8. The Morgan fingerprint density at radius 1 is 1.00 bits per heavy atom. The monoisotopic (exact) mass is 233 g/mol. The minimum Gasteiger partial charge on any atom is -0.310 e. The predicted octanol–water partition coefficient (Wildman–Crippen LogP) is 4.31. The quantitative estimate of drug-likeness (QED) is 0.820. The first kappa shape index (κ1) is 14.2. The fourth-order valence-corrected chi connectivity index (χ4v) is 2.02. The van der Waals surface area contributed by atoms with Gasteiger partial charge in [-0.15, -0.1) is 0 Å². The molecular formula is C16H27N. The minimum atomic E-state index is 0.335. The van der Waals surface area contributed by atoms with Gasteiger partial charge in [-0.05, 0) is 55.4 Å². The second-order valence-electron chi connectivity index (χ2n) is 6.46. The van der Waals surface area contributed by atoms with E-state index < -0.39 is 0 Å². The molecule has 1 atom stereocenters. The number of rotatable bonds is 3. The third kappa shape index (κ3) is 4.16. The highest BCUT2D eigenvalue weighted by Crippen LogP contribution is 2.22. The van der Waals surface area contributed by atoms with E-state index in [1.165, 1.54) is 22.3 Å². The summed E-state index contributed by atoms with van der Waals surface area (Å²) in [5.41, 5.74) is 5.92. The van der Waals surface area contributed by atoms with Crippen LogP contribution in [-0.4, -0.2) is 6.54 Å². The van der Waals surface area contributed by atoms with Crippen molar-refractivity contribution < 1.29 is 0 Å². The third-order valence-corrected chi connectivity index (χ3v) is 3.29. The van der Waals surface area contributed by atoms with Crippen LogP contribution >= 0.6 is 0 Å². The Kier molecular flexibility index (Phi) is 4.37. The van der Waals surface area contributed by atoms with Crippen LogP contribution in [0, 0.1) is 26.2 Å². The van der Waals surface area contributed by atoms with Gasteiger partial charge >= 0.3 is 0 Å². The topological polar surface area (TPSA) is 12.0 Å². The molecule has 0 fully saturated rings. The second-order valence-corrected chi connectivity index (χ2v) is 6.46. The Balaban J connectivity index is 2.82. The van der Waals surface area contributed by atoms with Crippen LogP contribution in [0.2, 0.25) is 0 Å². The Morgan fingerprint density at radius 2 is 1.53 bits per heavy atom. The van der Waals surface area contributed by atoms with Gasteiger partial charge in [-0.25, -0.2) is 0 Å². The molecule has 0 bridgehead atoms. The lowest BCUT2D eigenvalue weighted by Crippen LogP contribution is -2.29. The van der Waals surface area contributed by atoms with Crippen molar-refractivity contribution >= 4 is 0 Å². The predicted molar refractivity (Wildman–Crippen MR) is 76.5 cm³/mol. The molecule has 1 aromatic carbocycles. The Bertz CT molecular complexity index is 385. The summed E-state index contributed by atoms with van der Waals surface area (Å²) in [4.78, 5) is 0. The van der Waals surface area contributed by atoms with E-state index in [0.717, 1.165) is 6.54 Å². The molecular weight excluding hydrogens is 206 g/mol. The highest BCUT2D eigenvalue weighted by Gasteiger charge is 2.14. The van der Waals surface area contributed by atoms with E-state index in [4.69, 9.17) is 0 Å². The van der Waals surface area contributed by atoms with Crippen molar-refractivity contribution in [3.8, 4) is 0 Å². The summed E-state index contributed by atoms with van der Waals surface area (Å²) in [6.45, 7) is 16.7. The van der Waals surface area contributed by atoms with Gasteiger partial charge in [0.1, 0.15) is 0 Å². The molecule has 1 unspecified atom stereocenters. The number of hydrogen-bond acceptors (Lipinski definition) is 1. The zero-order valence-electron chi connectivity index (χ0n) is 12.4. The molecule has 0 aliphatic heterocycles. The summed E-state index contributed by atoms with van der Waals surface area (Å²) in [6.07, 6.45) is 0. The Morgan fingerprint density at radius 3 is 2.06 bits per heavy atom. The average molecular weight is 233 g/mol. The lowest BCUT2D eigenvalue weighted by Gasteiger charge is -2.24. The fourth-order valence-electron chi connectivity index (χ4n) is 2.02. The maximum absolute atomic E-state index is 3.63. The van der Waals surface area contributed by atoms with Gasteiger partial charge in [0.15, 0.2) is 0 Å². The van der Waals surface area contributed by atoms with Crippen molar-refractivity contribution in [2.24, 2.45) is 5.41 Å². The van der Waals surface area contributed by atoms with Crippen LogP contribution in [0.4, 0.5) is 0 Å². The first-order valence-corrected chi connectivity index (χ1v) is 6.52. The van der Waals surface area contributed by atoms with Crippen molar-refractivity contribution in [1.29, 1.82) is 0 Å². The lowest BCUT2D eigenvalue weighted by molar-refractivity contribution is 0.359. The molecule has 1 heteroatoms. The molecule has 1 nitrogen and oxygen atoms in total. The summed E-state index contributed by atoms with van der Waals surface area (Å²) in [5.74, 6) is 0. The molecule has 1 N–H and O–H groups in total. The number of nitrogens with one attached hydrogen (secondary N) is 1. The average Bonchev–Trinajstić information content (AvgIpc) is 2.19. The minimum absolute atomic E-state index is 0.335. The van der Waals surface area contributed by atoms with E-state index in [2.05, 4.69) is 65.9 Å². The molecule has 1 aromatic rings. The van der Waals surface area contributed by atoms with Crippen LogP contribution < -0.4 is 5.32 Å². The van der Waals surface area contributed by atoms with Crippen molar-refractivity contribution in [3.05, 3.63) is 34.4 Å². The fraction of sp³-hybridized carbons (Fsp3) is 0.625. The van der Waals surface area contributed by atoms with Gasteiger partial charge in [-0.1, -0.05) is 32.9 Å². The third-order valence-electron chi connectivity index (χ3n) is 3.29. The van der Waals surface area contributed by atoms with Crippen molar-refractivity contribution in [3.63, 3.8) is 0 Å². The number of benzene rings is 1. The maximum atomic E-state index is 3.63. The van der Waals surface area contributed by atoms with E-state index >= 15 is 0 Å². The van der Waals surface area contributed by atoms with Gasteiger partial charge in [0.05, 0.1) is 0 Å². The number of aryl methyl sites for hydroxylation is 3. The van der Waals surface area contributed by atoms with Gasteiger partial charge in [-0.2, -0.15) is 0 Å². The van der Waals surface area contributed by atoms with Gasteiger partial charge in [0, 0.05) is 12.6 Å². The van der Waals surface area contributed by atoms with E-state index in [-0.39, 0.29) is 0 Å². The molecule has 0 aliphatic carbocycles. The smallest absolute Gasteiger partial charge is 0.0294 e. The van der Waals surface area contributed by atoms with Gasteiger partial charge in [0.2, 0.25) is 0 Å². The van der Waals surface area contributed by atoms with Crippen LogP contribution in [0.1, 0.15) is 56.0 Å². The standard InChI is InChI=1S/C16H27N/c1-11-8-13(3)15(9-12(11)2)14(4)17-10-16(5,6)7/h8-9,14,17H,10H2,1-7H3. The summed E-state index contributed by atoms with van der Waals surface area (Å²) in [5, 5.41) is 3.63. The van der Waals surface area contributed by atoms with Crippen LogP contribution in [0.15, 0.2) is 12.1 Å². The molecule has 17 heavy (non-hydrogen) atoms. The molecule has 96 valence electrons. The zero-order valence-corrected chi connectivity index (χ0v) is 12.4. The maximum Gasteiger partial charge on any atom is 0.0294 e. The summed E-state index contributed by atoms with van der Waals surface area (Å²) >= 11 is 0. The van der Waals surface area contributed by atoms with E-state index in [0.29, 0.717) is 11.5 Å². The molecule has 1 rings (SSSR count). The molecule has 0 saturated heterocycles. The second kappa shape index (κ2) is 5.22. The highest BCUT2D eigenvalue weighted by atomic mass is 14.9. The molecule has 0 spiro atoms. The summed E-state index contributed by atoms with van der Waals surface area (Å²) in [6, 6.07) is 5.04. The molecule has 0 heterocycles. The zero-order chi connectivity index (χ0) is 13.2. The van der Waals surface area contributed by atoms with Crippen molar-refractivity contribution in [1.82, 2.24) is 5.32 Å². The Labute approximate surface area is 107 Å². The van der Waals surface area contributed by atoms with Gasteiger partial charge in [0.25, 0.3) is 0 Å². The highest BCUT2D eigenvalue weighted by molar-refractivity contribution is 5.38. The van der Waals surface area contributed by atoms with Crippen molar-refractivity contribution in [2.75, 3.05) is 6.54 Å². The molecule has 0 saturated carbocycles. The molecule has 0 amide bonds. The number of hydrogen-bond donors (Lipinski definition) is 1. The first-order chi connectivity index (χ1) is 7.70. The van der Waals surface area contributed by atoms with Crippen molar-refractivity contribution in [2.45, 2.75) is 54.5 Å². The van der Waals surface area contributed by atoms with Crippen LogP contribution in [0.3, 0.4) is 0 Å². The first-order valence-electron chi connectivity index (χ1n) is 6.52. The summed E-state index contributed by atoms with van der Waals surface area (Å²) < 4.78 is 0. The Hall–Kier alpha value is -0.820. The van der Waals surface area contributed by atoms with Crippen LogP contribution in [0.5, 0.6) is 0 Å². The van der Waals surface area contributed by atoms with E-state index in [9.17, 15) is 0 Å². The van der Waals surface area contributed by atoms with Crippen LogP contribution in [-0.2, 0) is 0 Å². The van der Waals surface area contributed by atoms with Gasteiger partial charge < -0.3 is 5.32 Å².